The molecular formula is C21H21N5O4S. The van der Waals surface area contributed by atoms with E-state index >= 15 is 0 Å². The summed E-state index contributed by atoms with van der Waals surface area (Å²) in [7, 11) is -4.08. The van der Waals surface area contributed by atoms with Crippen molar-refractivity contribution < 1.29 is 18.9 Å². The number of carbonyl (C=O) groups excluding carboxylic acids is 1. The molecule has 0 aliphatic carbocycles. The Kier molecular flexibility index (Phi) is 4.54. The summed E-state index contributed by atoms with van der Waals surface area (Å²) >= 11 is 0. The average Bonchev–Trinajstić information content (AvgIpc) is 3.36. The van der Waals surface area contributed by atoms with Crippen LogP contribution in [0.1, 0.15) is 22.8 Å². The number of carboxylic acid groups (broad SMARTS) is 1. The van der Waals surface area contributed by atoms with Crippen molar-refractivity contribution in [2.75, 3.05) is 11.0 Å². The number of benzene rings is 2. The van der Waals surface area contributed by atoms with Crippen molar-refractivity contribution in [1.29, 1.82) is 0 Å². The standard InChI is InChI=1S/C21H21N5O4S/c1-13-9-18-19(24-21(23-18)26-12-15(11-22-26)20(28)29)10-17(13)25-31(3,30,14(2)27)16-7-5-4-6-8-16/h4-12H,1-3H3,(H,23,24)(H,25,30)(H,28,29). The van der Waals surface area contributed by atoms with Crippen LogP contribution >= 0.6 is 0 Å². The number of aromatic nitrogens is 4. The van der Waals surface area contributed by atoms with E-state index in [4.69, 9.17) is 5.11 Å². The van der Waals surface area contributed by atoms with E-state index in [0.29, 0.717) is 27.6 Å². The second-order valence-electron chi connectivity index (χ2n) is 7.47. The maximum Gasteiger partial charge on any atom is 0.338 e. The Morgan fingerprint density at radius 1 is 1.19 bits per heavy atom. The number of carboxylic acids is 1. The highest BCUT2D eigenvalue weighted by molar-refractivity contribution is 8.32. The van der Waals surface area contributed by atoms with Gasteiger partial charge in [-0.3, -0.25) is 9.00 Å². The topological polar surface area (TPSA) is 130 Å². The molecule has 160 valence electrons. The van der Waals surface area contributed by atoms with Crippen LogP contribution in [0.2, 0.25) is 0 Å². The van der Waals surface area contributed by atoms with E-state index in [9.17, 15) is 13.8 Å². The molecule has 9 nitrogen and oxygen atoms in total. The van der Waals surface area contributed by atoms with Gasteiger partial charge in [0.15, 0.2) is 0 Å². The first-order valence-electron chi connectivity index (χ1n) is 9.35. The number of hydrogen-bond acceptors (Lipinski definition) is 5. The summed E-state index contributed by atoms with van der Waals surface area (Å²) in [6.07, 6.45) is 4.02. The van der Waals surface area contributed by atoms with Crippen LogP contribution in [0.3, 0.4) is 0 Å². The maximum absolute atomic E-state index is 14.1. The number of aryl methyl sites for hydroxylation is 1. The molecule has 2 aromatic carbocycles. The Bertz CT molecular complexity index is 1410. The molecule has 10 heteroatoms. The lowest BCUT2D eigenvalue weighted by atomic mass is 10.2. The van der Waals surface area contributed by atoms with Gasteiger partial charge < -0.3 is 14.8 Å². The van der Waals surface area contributed by atoms with Crippen LogP contribution in [-0.4, -0.2) is 46.4 Å². The summed E-state index contributed by atoms with van der Waals surface area (Å²) in [6, 6.07) is 12.1. The number of rotatable bonds is 5. The minimum atomic E-state index is -4.08. The van der Waals surface area contributed by atoms with Crippen molar-refractivity contribution in [3.05, 3.63) is 66.0 Å². The third kappa shape index (κ3) is 3.40. The van der Waals surface area contributed by atoms with Crippen LogP contribution in [0, 0.1) is 6.92 Å². The Balaban J connectivity index is 1.79. The summed E-state index contributed by atoms with van der Waals surface area (Å²) in [5.41, 5.74) is 2.54. The second kappa shape index (κ2) is 6.88. The quantitative estimate of drug-likeness (QED) is 0.438. The summed E-state index contributed by atoms with van der Waals surface area (Å²) in [4.78, 5) is 31.7. The molecule has 0 spiro atoms. The molecule has 31 heavy (non-hydrogen) atoms. The van der Waals surface area contributed by atoms with Crippen molar-refractivity contribution in [2.45, 2.75) is 18.7 Å². The molecular weight excluding hydrogens is 418 g/mol. The summed E-state index contributed by atoms with van der Waals surface area (Å²) in [5, 5.41) is 12.6. The van der Waals surface area contributed by atoms with Gasteiger partial charge in [0.05, 0.1) is 28.5 Å². The fraction of sp³-hybridized carbons (Fsp3) is 0.143. The lowest BCUT2D eigenvalue weighted by molar-refractivity contribution is -0.110. The number of nitrogens with one attached hydrogen (secondary N) is 2. The molecule has 0 aliphatic heterocycles. The van der Waals surface area contributed by atoms with Gasteiger partial charge in [-0.15, -0.1) is 0 Å². The molecule has 0 unspecified atom stereocenters. The molecule has 0 amide bonds. The van der Waals surface area contributed by atoms with E-state index in [0.717, 1.165) is 5.56 Å². The minimum absolute atomic E-state index is 0.0389. The van der Waals surface area contributed by atoms with Gasteiger partial charge in [0.1, 0.15) is 0 Å². The van der Waals surface area contributed by atoms with Gasteiger partial charge in [-0.05, 0) is 36.8 Å². The Hall–Kier alpha value is -3.79. The van der Waals surface area contributed by atoms with Crippen LogP contribution in [0.4, 0.5) is 5.69 Å². The summed E-state index contributed by atoms with van der Waals surface area (Å²) in [5.74, 6) is -0.749. The Morgan fingerprint density at radius 3 is 2.52 bits per heavy atom. The van der Waals surface area contributed by atoms with Gasteiger partial charge in [0.2, 0.25) is 11.1 Å². The van der Waals surface area contributed by atoms with E-state index < -0.39 is 20.3 Å². The molecule has 0 saturated heterocycles. The number of nitrogens with zero attached hydrogens (tertiary/aromatic N) is 3. The highest BCUT2D eigenvalue weighted by atomic mass is 32.3. The summed E-state index contributed by atoms with van der Waals surface area (Å²) < 4.78 is 18.4. The van der Waals surface area contributed by atoms with Crippen molar-refractivity contribution in [3.8, 4) is 5.95 Å². The largest absolute Gasteiger partial charge is 0.478 e. The molecule has 0 atom stereocenters. The van der Waals surface area contributed by atoms with Gasteiger partial charge in [-0.25, -0.2) is 14.5 Å². The van der Waals surface area contributed by atoms with Gasteiger partial charge >= 0.3 is 5.97 Å². The molecule has 3 N–H and O–H groups in total. The fourth-order valence-electron chi connectivity index (χ4n) is 3.23. The van der Waals surface area contributed by atoms with Gasteiger partial charge in [-0.2, -0.15) is 5.10 Å². The number of aromatic carboxylic acids is 1. The third-order valence-electron chi connectivity index (χ3n) is 5.22. The van der Waals surface area contributed by atoms with Crippen LogP contribution in [0.5, 0.6) is 0 Å². The van der Waals surface area contributed by atoms with Crippen LogP contribution in [0.25, 0.3) is 17.0 Å². The first kappa shape index (κ1) is 20.5. The SMILES string of the molecule is CC(=O)S(C)(=O)(Nc1cc2nc(-n3cc(C(=O)O)cn3)[nH]c2cc1C)c1ccccc1. The molecule has 2 heterocycles. The third-order valence-corrected chi connectivity index (χ3v) is 8.72. The Morgan fingerprint density at radius 2 is 1.90 bits per heavy atom. The van der Waals surface area contributed by atoms with E-state index in [1.165, 1.54) is 30.3 Å². The molecule has 0 bridgehead atoms. The first-order chi connectivity index (χ1) is 14.6. The highest BCUT2D eigenvalue weighted by Gasteiger charge is 2.39. The predicted molar refractivity (Wildman–Crippen MR) is 118 cm³/mol. The predicted octanol–water partition coefficient (Wildman–Crippen LogP) is 3.14. The number of anilines is 1. The van der Waals surface area contributed by atoms with Crippen LogP contribution in [-0.2, 0) is 14.0 Å². The number of hydrogen-bond donors (Lipinski definition) is 3. The van der Waals surface area contributed by atoms with Gasteiger partial charge in [0, 0.05) is 33.5 Å². The minimum Gasteiger partial charge on any atom is -0.478 e. The van der Waals surface area contributed by atoms with E-state index in [-0.39, 0.29) is 5.56 Å². The molecule has 0 aliphatic rings. The lowest BCUT2D eigenvalue weighted by Gasteiger charge is -2.38. The maximum atomic E-state index is 14.1. The number of H-pyrrole nitrogens is 1. The van der Waals surface area contributed by atoms with E-state index in [1.54, 1.807) is 36.4 Å². The van der Waals surface area contributed by atoms with Gasteiger partial charge in [0.25, 0.3) is 0 Å². The first-order valence-corrected chi connectivity index (χ1v) is 11.7. The van der Waals surface area contributed by atoms with Crippen molar-refractivity contribution in [3.63, 3.8) is 0 Å². The highest BCUT2D eigenvalue weighted by Crippen LogP contribution is 2.36. The monoisotopic (exact) mass is 439 g/mol. The number of imidazole rings is 1. The number of fused-ring (bicyclic) bond motifs is 1. The van der Waals surface area contributed by atoms with Crippen LogP contribution < -0.4 is 4.72 Å². The van der Waals surface area contributed by atoms with Gasteiger partial charge in [-0.1, -0.05) is 18.2 Å². The zero-order chi connectivity index (χ0) is 22.4. The summed E-state index contributed by atoms with van der Waals surface area (Å²) in [6.45, 7) is 3.14. The van der Waals surface area contributed by atoms with E-state index in [1.807, 2.05) is 13.0 Å². The smallest absolute Gasteiger partial charge is 0.338 e. The van der Waals surface area contributed by atoms with Crippen molar-refractivity contribution in [2.24, 2.45) is 0 Å². The zero-order valence-corrected chi connectivity index (χ0v) is 17.9. The second-order valence-corrected chi connectivity index (χ2v) is 11.4. The molecule has 0 radical (unpaired) electrons. The fourth-order valence-corrected chi connectivity index (χ4v) is 5.38. The van der Waals surface area contributed by atoms with E-state index in [2.05, 4.69) is 19.8 Å². The lowest BCUT2D eigenvalue weighted by Crippen LogP contribution is -2.46. The molecule has 2 aromatic heterocycles. The van der Waals surface area contributed by atoms with Crippen LogP contribution in [0.15, 0.2) is 59.8 Å². The molecule has 0 fully saturated rings. The Labute approximate surface area is 177 Å². The molecule has 4 aromatic rings. The number of carbonyl (C=O) groups is 2. The molecule has 4 rings (SSSR count). The molecule has 0 saturated carbocycles. The zero-order valence-electron chi connectivity index (χ0n) is 17.1. The average molecular weight is 439 g/mol. The van der Waals surface area contributed by atoms with Crippen molar-refractivity contribution >= 4 is 37.1 Å². The normalized spacial score (nSPS) is 12.9. The van der Waals surface area contributed by atoms with Crippen molar-refractivity contribution in [1.82, 2.24) is 19.7 Å². The number of aromatic amines is 1.